The number of amides is 1. The third-order valence-electron chi connectivity index (χ3n) is 5.63. The van der Waals surface area contributed by atoms with Gasteiger partial charge in [-0.15, -0.1) is 0 Å². The number of nitrogens with zero attached hydrogens (tertiary/aromatic N) is 4. The minimum absolute atomic E-state index is 0.0394. The zero-order valence-corrected chi connectivity index (χ0v) is 19.1. The lowest BCUT2D eigenvalue weighted by molar-refractivity contribution is 0.0376. The summed E-state index contributed by atoms with van der Waals surface area (Å²) >= 11 is 1.07. The van der Waals surface area contributed by atoms with Gasteiger partial charge in [-0.25, -0.2) is 13.8 Å². The maximum absolute atomic E-state index is 14.3. The van der Waals surface area contributed by atoms with Crippen LogP contribution in [0.25, 0.3) is 21.5 Å². The molecular weight excluding hydrogens is 462 g/mol. The predicted molar refractivity (Wildman–Crippen MR) is 125 cm³/mol. The summed E-state index contributed by atoms with van der Waals surface area (Å²) in [4.78, 5) is 21.5. The molecular formula is C24H22F2N4O3S. The van der Waals surface area contributed by atoms with Gasteiger partial charge in [-0.05, 0) is 12.5 Å². The Hall–Kier alpha value is -3.21. The average Bonchev–Trinajstić information content (AvgIpc) is 3.51. The Morgan fingerprint density at radius 1 is 1.12 bits per heavy atom. The van der Waals surface area contributed by atoms with Crippen molar-refractivity contribution in [3.63, 3.8) is 0 Å². The summed E-state index contributed by atoms with van der Waals surface area (Å²) in [6.07, 6.45) is 0.669. The molecule has 0 radical (unpaired) electrons. The number of hydrogen-bond donors (Lipinski definition) is 0. The average molecular weight is 485 g/mol. The maximum Gasteiger partial charge on any atom is 0.282 e. The lowest BCUT2D eigenvalue weighted by atomic mass is 10.1. The van der Waals surface area contributed by atoms with Gasteiger partial charge in [0, 0.05) is 43.9 Å². The maximum atomic E-state index is 14.3. The van der Waals surface area contributed by atoms with Crippen LogP contribution in [0.4, 0.5) is 13.9 Å². The first kappa shape index (κ1) is 22.6. The Labute approximate surface area is 198 Å². The topological polar surface area (TPSA) is 71.7 Å². The summed E-state index contributed by atoms with van der Waals surface area (Å²) in [6.45, 7) is 4.16. The highest BCUT2D eigenvalue weighted by molar-refractivity contribution is 7.22. The number of hydrogen-bond acceptors (Lipinski definition) is 7. The molecule has 0 spiro atoms. The molecule has 0 bridgehead atoms. The summed E-state index contributed by atoms with van der Waals surface area (Å²) in [5, 5.41) is 4.26. The van der Waals surface area contributed by atoms with E-state index in [1.165, 1.54) is 11.0 Å². The lowest BCUT2D eigenvalue weighted by Crippen LogP contribution is -2.39. The highest BCUT2D eigenvalue weighted by Crippen LogP contribution is 2.32. The van der Waals surface area contributed by atoms with Crippen LogP contribution in [0.1, 0.15) is 16.9 Å². The highest BCUT2D eigenvalue weighted by atomic mass is 32.1. The molecule has 2 aromatic carbocycles. The number of aromatic nitrogens is 2. The smallest absolute Gasteiger partial charge is 0.282 e. The number of halogens is 2. The molecule has 34 heavy (non-hydrogen) atoms. The molecule has 4 aromatic rings. The van der Waals surface area contributed by atoms with Gasteiger partial charge in [0.25, 0.3) is 5.91 Å². The molecule has 3 heterocycles. The molecule has 0 aliphatic carbocycles. The van der Waals surface area contributed by atoms with E-state index in [0.29, 0.717) is 36.6 Å². The third-order valence-corrected chi connectivity index (χ3v) is 6.65. The Balaban J connectivity index is 1.42. The standard InChI is InChI=1S/C24H22F2N4O3S/c25-17-13-18(26)22-21(14-17)34-24(27-22)30(8-4-7-29-9-11-32-12-10-29)23(31)19-15-20(33-28-19)16-5-2-1-3-6-16/h1-3,5-6,13-15H,4,7-12H2. The number of fused-ring (bicyclic) bond motifs is 1. The summed E-state index contributed by atoms with van der Waals surface area (Å²) in [5.41, 5.74) is 0.957. The summed E-state index contributed by atoms with van der Waals surface area (Å²) in [6, 6.07) is 12.9. The molecule has 1 saturated heterocycles. The number of benzene rings is 2. The van der Waals surface area contributed by atoms with Crippen LogP contribution in [0.2, 0.25) is 0 Å². The van der Waals surface area contributed by atoms with Crippen molar-refractivity contribution in [3.8, 4) is 11.3 Å². The van der Waals surface area contributed by atoms with Crippen molar-refractivity contribution < 1.29 is 22.8 Å². The summed E-state index contributed by atoms with van der Waals surface area (Å²) in [7, 11) is 0. The number of carbonyl (C=O) groups is 1. The van der Waals surface area contributed by atoms with Crippen molar-refractivity contribution >= 4 is 32.6 Å². The third kappa shape index (κ3) is 4.84. The molecule has 0 saturated carbocycles. The Kier molecular flexibility index (Phi) is 6.61. The van der Waals surface area contributed by atoms with Crippen molar-refractivity contribution in [2.75, 3.05) is 44.3 Å². The van der Waals surface area contributed by atoms with E-state index in [1.54, 1.807) is 6.07 Å². The zero-order valence-electron chi connectivity index (χ0n) is 18.2. The molecule has 7 nitrogen and oxygen atoms in total. The number of rotatable bonds is 7. The van der Waals surface area contributed by atoms with E-state index >= 15 is 0 Å². The fourth-order valence-corrected chi connectivity index (χ4v) is 4.90. The summed E-state index contributed by atoms with van der Waals surface area (Å²) in [5.74, 6) is -1.39. The number of anilines is 1. The number of morpholine rings is 1. The molecule has 1 amide bonds. The molecule has 2 aromatic heterocycles. The van der Waals surface area contributed by atoms with E-state index in [9.17, 15) is 13.6 Å². The fraction of sp³-hybridized carbons (Fsp3) is 0.292. The van der Waals surface area contributed by atoms with Gasteiger partial charge in [0.2, 0.25) is 0 Å². The quantitative estimate of drug-likeness (QED) is 0.382. The molecule has 0 atom stereocenters. The Morgan fingerprint density at radius 3 is 2.71 bits per heavy atom. The molecule has 1 fully saturated rings. The highest BCUT2D eigenvalue weighted by Gasteiger charge is 2.26. The van der Waals surface area contributed by atoms with Crippen molar-refractivity contribution in [3.05, 3.63) is 65.9 Å². The van der Waals surface area contributed by atoms with Crippen LogP contribution in [-0.4, -0.2) is 60.3 Å². The molecule has 5 rings (SSSR count). The van der Waals surface area contributed by atoms with Crippen LogP contribution in [0, 0.1) is 11.6 Å². The first-order valence-corrected chi connectivity index (χ1v) is 11.8. The van der Waals surface area contributed by atoms with Crippen LogP contribution in [0.3, 0.4) is 0 Å². The Bertz CT molecular complexity index is 1290. The summed E-state index contributed by atoms with van der Waals surface area (Å²) < 4.78 is 39.1. The van der Waals surface area contributed by atoms with Crippen LogP contribution in [0.15, 0.2) is 53.1 Å². The van der Waals surface area contributed by atoms with Crippen molar-refractivity contribution in [2.45, 2.75) is 6.42 Å². The second kappa shape index (κ2) is 9.96. The van der Waals surface area contributed by atoms with Crippen LogP contribution < -0.4 is 4.90 Å². The van der Waals surface area contributed by atoms with Crippen molar-refractivity contribution in [1.82, 2.24) is 15.0 Å². The molecule has 0 N–H and O–H groups in total. The van der Waals surface area contributed by atoms with E-state index in [4.69, 9.17) is 9.26 Å². The van der Waals surface area contributed by atoms with E-state index < -0.39 is 17.5 Å². The van der Waals surface area contributed by atoms with Gasteiger partial charge >= 0.3 is 0 Å². The van der Waals surface area contributed by atoms with Crippen molar-refractivity contribution in [1.29, 1.82) is 0 Å². The molecule has 0 unspecified atom stereocenters. The number of carbonyl (C=O) groups excluding carboxylic acids is 1. The predicted octanol–water partition coefficient (Wildman–Crippen LogP) is 4.60. The monoisotopic (exact) mass is 484 g/mol. The van der Waals surface area contributed by atoms with E-state index in [1.807, 2.05) is 30.3 Å². The van der Waals surface area contributed by atoms with Crippen molar-refractivity contribution in [2.24, 2.45) is 0 Å². The van der Waals surface area contributed by atoms with Gasteiger partial charge in [0.05, 0.1) is 17.9 Å². The zero-order chi connectivity index (χ0) is 23.5. The van der Waals surface area contributed by atoms with E-state index in [-0.39, 0.29) is 16.3 Å². The van der Waals surface area contributed by atoms with Gasteiger partial charge in [-0.2, -0.15) is 0 Å². The Morgan fingerprint density at radius 2 is 1.91 bits per heavy atom. The van der Waals surface area contributed by atoms with Crippen LogP contribution in [0.5, 0.6) is 0 Å². The molecule has 176 valence electrons. The molecule has 1 aliphatic heterocycles. The van der Waals surface area contributed by atoms with Gasteiger partial charge in [-0.1, -0.05) is 46.8 Å². The SMILES string of the molecule is O=C(c1cc(-c2ccccc2)on1)N(CCCN1CCOCC1)c1nc2c(F)cc(F)cc2s1. The van der Waals surface area contributed by atoms with Gasteiger partial charge in [-0.3, -0.25) is 14.6 Å². The van der Waals surface area contributed by atoms with Gasteiger partial charge < -0.3 is 9.26 Å². The number of thiazole rings is 1. The van der Waals surface area contributed by atoms with E-state index in [2.05, 4.69) is 15.0 Å². The fourth-order valence-electron chi connectivity index (χ4n) is 3.87. The minimum atomic E-state index is -0.758. The van der Waals surface area contributed by atoms with E-state index in [0.717, 1.165) is 42.6 Å². The van der Waals surface area contributed by atoms with Gasteiger partial charge in [0.1, 0.15) is 11.3 Å². The second-order valence-electron chi connectivity index (χ2n) is 7.94. The number of ether oxygens (including phenoxy) is 1. The van der Waals surface area contributed by atoms with Crippen LogP contribution >= 0.6 is 11.3 Å². The molecule has 1 aliphatic rings. The van der Waals surface area contributed by atoms with Crippen LogP contribution in [-0.2, 0) is 4.74 Å². The second-order valence-corrected chi connectivity index (χ2v) is 8.95. The largest absolute Gasteiger partial charge is 0.379 e. The first-order chi connectivity index (χ1) is 16.6. The normalized spacial score (nSPS) is 14.5. The molecule has 10 heteroatoms. The minimum Gasteiger partial charge on any atom is -0.379 e. The lowest BCUT2D eigenvalue weighted by Gasteiger charge is -2.27. The first-order valence-electron chi connectivity index (χ1n) is 11.0. The van der Waals surface area contributed by atoms with Gasteiger partial charge in [0.15, 0.2) is 22.4 Å².